The van der Waals surface area contributed by atoms with Crippen LogP contribution in [0.15, 0.2) is 12.2 Å². The highest BCUT2D eigenvalue weighted by Gasteiger charge is 2.61. The van der Waals surface area contributed by atoms with E-state index < -0.39 is 5.60 Å². The minimum absolute atomic E-state index is 0.0000463. The van der Waals surface area contributed by atoms with Crippen molar-refractivity contribution in [2.24, 2.45) is 5.92 Å². The topological polar surface area (TPSA) is 27.7 Å². The summed E-state index contributed by atoms with van der Waals surface area (Å²) < 4.78 is 16.4. The van der Waals surface area contributed by atoms with Crippen LogP contribution in [0.5, 0.6) is 0 Å². The first-order valence-corrected chi connectivity index (χ1v) is 4.78. The van der Waals surface area contributed by atoms with Crippen molar-refractivity contribution < 1.29 is 14.2 Å². The van der Waals surface area contributed by atoms with E-state index in [0.717, 1.165) is 12.0 Å². The molecule has 2 rings (SSSR count). The molecule has 4 atom stereocenters. The molecular weight excluding hydrogens is 179 g/mol. The van der Waals surface area contributed by atoms with E-state index in [1.54, 1.807) is 14.2 Å². The molecular formula is C10H15BO3. The fraction of sp³-hybridized carbons (Fsp3) is 0.800. The van der Waals surface area contributed by atoms with Crippen LogP contribution in [0.2, 0.25) is 0 Å². The predicted octanol–water partition coefficient (Wildman–Crippen LogP) is 0.487. The molecule has 0 aromatic rings. The van der Waals surface area contributed by atoms with Gasteiger partial charge in [0.1, 0.15) is 13.4 Å². The maximum absolute atomic E-state index is 5.87. The zero-order valence-corrected chi connectivity index (χ0v) is 8.66. The largest absolute Gasteiger partial charge is 0.382 e. The third-order valence-electron chi connectivity index (χ3n) is 3.36. The van der Waals surface area contributed by atoms with Crippen molar-refractivity contribution >= 4 is 7.85 Å². The second kappa shape index (κ2) is 3.37. The molecule has 1 saturated heterocycles. The normalized spacial score (nSPS) is 46.1. The monoisotopic (exact) mass is 194 g/mol. The second-order valence-electron chi connectivity index (χ2n) is 4.02. The molecule has 1 unspecified atom stereocenters. The van der Waals surface area contributed by atoms with E-state index in [9.17, 15) is 0 Å². The standard InChI is InChI=1S/C10H15BO3/c1-6-4-7-10(13-3,5-12-2)8(6)9(11)14-7/h7-9H,1,4-5H2,2-3H3/t7-,8+,9-,10?/m1/s1. The third kappa shape index (κ3) is 1.11. The highest BCUT2D eigenvalue weighted by atomic mass is 16.6. The van der Waals surface area contributed by atoms with Crippen molar-refractivity contribution in [2.75, 3.05) is 20.8 Å². The summed E-state index contributed by atoms with van der Waals surface area (Å²) in [6.07, 6.45) is 0.829. The van der Waals surface area contributed by atoms with Crippen LogP contribution in [0.4, 0.5) is 0 Å². The Bertz CT molecular complexity index is 256. The van der Waals surface area contributed by atoms with Gasteiger partial charge < -0.3 is 14.2 Å². The van der Waals surface area contributed by atoms with Crippen LogP contribution < -0.4 is 0 Å². The summed E-state index contributed by atoms with van der Waals surface area (Å²) in [4.78, 5) is 0. The number of fused-ring (bicyclic) bond motifs is 2. The van der Waals surface area contributed by atoms with E-state index in [-0.39, 0.29) is 18.0 Å². The van der Waals surface area contributed by atoms with Gasteiger partial charge in [-0.1, -0.05) is 12.2 Å². The van der Waals surface area contributed by atoms with Gasteiger partial charge in [-0.3, -0.25) is 0 Å². The molecule has 4 heteroatoms. The third-order valence-corrected chi connectivity index (χ3v) is 3.36. The molecule has 0 aromatic heterocycles. The Kier molecular flexibility index (Phi) is 2.45. The summed E-state index contributed by atoms with van der Waals surface area (Å²) >= 11 is 0. The molecule has 2 radical (unpaired) electrons. The van der Waals surface area contributed by atoms with Crippen molar-refractivity contribution in [1.29, 1.82) is 0 Å². The van der Waals surface area contributed by atoms with Crippen LogP contribution in [-0.2, 0) is 14.2 Å². The highest BCUT2D eigenvalue weighted by Crippen LogP contribution is 2.51. The fourth-order valence-corrected chi connectivity index (χ4v) is 2.75. The summed E-state index contributed by atoms with van der Waals surface area (Å²) in [6.45, 7) is 4.52. The SMILES string of the molecule is [B][C@@H]1O[C@@H]2CC(=C)[C@@H]1C2(COC)OC. The summed E-state index contributed by atoms with van der Waals surface area (Å²) in [6, 6.07) is -0.295. The highest BCUT2D eigenvalue weighted by molar-refractivity contribution is 6.11. The van der Waals surface area contributed by atoms with Crippen molar-refractivity contribution in [3.05, 3.63) is 12.2 Å². The molecule has 0 N–H and O–H groups in total. The Morgan fingerprint density at radius 1 is 1.64 bits per heavy atom. The van der Waals surface area contributed by atoms with E-state index in [2.05, 4.69) is 6.58 Å². The Labute approximate surface area is 85.8 Å². The molecule has 2 fully saturated rings. The minimum Gasteiger partial charge on any atom is -0.382 e. The predicted molar refractivity (Wildman–Crippen MR) is 53.3 cm³/mol. The molecule has 2 bridgehead atoms. The van der Waals surface area contributed by atoms with Crippen LogP contribution in [0.3, 0.4) is 0 Å². The van der Waals surface area contributed by atoms with Gasteiger partial charge in [0.25, 0.3) is 0 Å². The maximum Gasteiger partial charge on any atom is 0.125 e. The van der Waals surface area contributed by atoms with Crippen LogP contribution in [0.1, 0.15) is 6.42 Å². The summed E-state index contributed by atoms with van der Waals surface area (Å²) in [5, 5.41) is 0. The summed E-state index contributed by atoms with van der Waals surface area (Å²) in [5.74, 6) is 0.0671. The smallest absolute Gasteiger partial charge is 0.125 e. The zero-order chi connectivity index (χ0) is 10.3. The van der Waals surface area contributed by atoms with Gasteiger partial charge in [0.15, 0.2) is 0 Å². The Morgan fingerprint density at radius 3 is 2.79 bits per heavy atom. The molecule has 14 heavy (non-hydrogen) atoms. The Balaban J connectivity index is 2.30. The van der Waals surface area contributed by atoms with Gasteiger partial charge in [0.05, 0.1) is 12.7 Å². The van der Waals surface area contributed by atoms with Gasteiger partial charge in [-0.05, 0) is 6.42 Å². The number of hydrogen-bond acceptors (Lipinski definition) is 3. The van der Waals surface area contributed by atoms with Gasteiger partial charge in [0.2, 0.25) is 0 Å². The van der Waals surface area contributed by atoms with E-state index in [4.69, 9.17) is 22.1 Å². The first-order valence-electron chi connectivity index (χ1n) is 4.78. The Morgan fingerprint density at radius 2 is 2.36 bits per heavy atom. The zero-order valence-electron chi connectivity index (χ0n) is 8.66. The molecule has 0 aromatic carbocycles. The lowest BCUT2D eigenvalue weighted by atomic mass is 9.78. The van der Waals surface area contributed by atoms with Crippen LogP contribution in [-0.4, -0.2) is 46.4 Å². The molecule has 0 amide bonds. The molecule has 1 saturated carbocycles. The van der Waals surface area contributed by atoms with Crippen molar-refractivity contribution in [3.63, 3.8) is 0 Å². The molecule has 76 valence electrons. The summed E-state index contributed by atoms with van der Waals surface area (Å²) in [5.41, 5.74) is 0.707. The first-order chi connectivity index (χ1) is 6.65. The number of hydrogen-bond donors (Lipinski definition) is 0. The lowest BCUT2D eigenvalue weighted by molar-refractivity contribution is -0.101. The van der Waals surface area contributed by atoms with Gasteiger partial charge in [-0.2, -0.15) is 0 Å². The number of methoxy groups -OCH3 is 2. The lowest BCUT2D eigenvalue weighted by Crippen LogP contribution is -2.45. The molecule has 2 aliphatic rings. The quantitative estimate of drug-likeness (QED) is 0.483. The van der Waals surface area contributed by atoms with E-state index in [0.29, 0.717) is 6.61 Å². The molecule has 1 heterocycles. The van der Waals surface area contributed by atoms with Crippen LogP contribution in [0, 0.1) is 5.92 Å². The molecule has 1 aliphatic carbocycles. The molecule has 0 spiro atoms. The summed E-state index contributed by atoms with van der Waals surface area (Å²) in [7, 11) is 9.21. The van der Waals surface area contributed by atoms with Crippen molar-refractivity contribution in [3.8, 4) is 0 Å². The van der Waals surface area contributed by atoms with Gasteiger partial charge >= 0.3 is 0 Å². The first kappa shape index (κ1) is 10.2. The van der Waals surface area contributed by atoms with Gasteiger partial charge in [0, 0.05) is 26.1 Å². The number of rotatable bonds is 3. The average Bonchev–Trinajstić information content (AvgIpc) is 2.54. The van der Waals surface area contributed by atoms with Crippen molar-refractivity contribution in [1.82, 2.24) is 0 Å². The van der Waals surface area contributed by atoms with Crippen LogP contribution in [0.25, 0.3) is 0 Å². The van der Waals surface area contributed by atoms with E-state index >= 15 is 0 Å². The molecule has 1 aliphatic heterocycles. The maximum atomic E-state index is 5.87. The Hall–Kier alpha value is -0.315. The van der Waals surface area contributed by atoms with Gasteiger partial charge in [-0.15, -0.1) is 0 Å². The molecule has 3 nitrogen and oxygen atoms in total. The fourth-order valence-electron chi connectivity index (χ4n) is 2.75. The van der Waals surface area contributed by atoms with Crippen molar-refractivity contribution in [2.45, 2.75) is 24.1 Å². The van der Waals surface area contributed by atoms with Gasteiger partial charge in [-0.25, -0.2) is 0 Å². The minimum atomic E-state index is -0.411. The average molecular weight is 194 g/mol. The van der Waals surface area contributed by atoms with Crippen LogP contribution >= 0.6 is 0 Å². The van der Waals surface area contributed by atoms with E-state index in [1.165, 1.54) is 0 Å². The van der Waals surface area contributed by atoms with E-state index in [1.807, 2.05) is 0 Å². The second-order valence-corrected chi connectivity index (χ2v) is 4.02. The lowest BCUT2D eigenvalue weighted by Gasteiger charge is -2.30. The number of ether oxygens (including phenoxy) is 3.